The molecule has 0 spiro atoms. The van der Waals surface area contributed by atoms with Crippen LogP contribution in [0.3, 0.4) is 0 Å². The summed E-state index contributed by atoms with van der Waals surface area (Å²) < 4.78 is 0. The molecule has 2 aliphatic heterocycles. The van der Waals surface area contributed by atoms with Gasteiger partial charge in [-0.3, -0.25) is 9.69 Å². The molecule has 0 saturated carbocycles. The summed E-state index contributed by atoms with van der Waals surface area (Å²) in [6, 6.07) is 17.0. The fourth-order valence-electron chi connectivity index (χ4n) is 5.26. The van der Waals surface area contributed by atoms with Crippen molar-refractivity contribution in [2.45, 2.75) is 31.3 Å². The van der Waals surface area contributed by atoms with Crippen molar-refractivity contribution >= 4 is 28.1 Å². The minimum absolute atomic E-state index is 0.123. The third kappa shape index (κ3) is 3.93. The Morgan fingerprint density at radius 1 is 1.06 bits per heavy atom. The van der Waals surface area contributed by atoms with E-state index in [9.17, 15) is 4.79 Å². The van der Waals surface area contributed by atoms with E-state index in [-0.39, 0.29) is 17.9 Å². The molecule has 0 bridgehead atoms. The minimum atomic E-state index is -0.123. The van der Waals surface area contributed by atoms with Crippen molar-refractivity contribution in [3.63, 3.8) is 0 Å². The van der Waals surface area contributed by atoms with E-state index < -0.39 is 0 Å². The molecule has 1 saturated heterocycles. The van der Waals surface area contributed by atoms with Crippen LogP contribution < -0.4 is 16.0 Å². The Kier molecular flexibility index (Phi) is 5.66. The molecule has 3 aromatic rings. The molecule has 0 amide bonds. The molecule has 2 atom stereocenters. The van der Waals surface area contributed by atoms with Gasteiger partial charge < -0.3 is 20.9 Å². The number of para-hydroxylation sites is 1. The molecule has 6 heteroatoms. The molecule has 0 radical (unpaired) electrons. The number of carbonyl (C=O) groups is 1. The molecular formula is C25H31N5O. The standard InChI is InChI=1S/C25H31N5O/c26-12-10-24(31)25(22-9-8-18-4-1-2-5-20(18)28-22)30-16-14-29(15-17-30)23-7-3-6-21-19(23)11-13-27-21/h1-7,11,13,22,25,27-28H,8-10,12,14-17,26H2. The van der Waals surface area contributed by atoms with Gasteiger partial charge in [0.25, 0.3) is 0 Å². The van der Waals surface area contributed by atoms with Gasteiger partial charge in [0.15, 0.2) is 5.78 Å². The number of Topliss-reactive ketones (excluding diaryl/α,β-unsaturated/α-hetero) is 1. The van der Waals surface area contributed by atoms with Crippen molar-refractivity contribution in [3.05, 3.63) is 60.3 Å². The Morgan fingerprint density at radius 3 is 2.74 bits per heavy atom. The Bertz CT molecular complexity index is 1050. The molecule has 162 valence electrons. The van der Waals surface area contributed by atoms with Gasteiger partial charge in [-0.2, -0.15) is 0 Å². The topological polar surface area (TPSA) is 77.4 Å². The predicted molar refractivity (Wildman–Crippen MR) is 127 cm³/mol. The van der Waals surface area contributed by atoms with Gasteiger partial charge in [-0.25, -0.2) is 0 Å². The SMILES string of the molecule is NCCC(=O)C(C1CCc2ccccc2N1)N1CCN(c2cccc3[nH]ccc23)CC1. The minimum Gasteiger partial charge on any atom is -0.380 e. The highest BCUT2D eigenvalue weighted by molar-refractivity contribution is 5.92. The summed E-state index contributed by atoms with van der Waals surface area (Å²) in [4.78, 5) is 21.3. The number of carbonyl (C=O) groups excluding carboxylic acids is 1. The lowest BCUT2D eigenvalue weighted by molar-refractivity contribution is -0.124. The second kappa shape index (κ2) is 8.73. The predicted octanol–water partition coefficient (Wildman–Crippen LogP) is 3.00. The second-order valence-electron chi connectivity index (χ2n) is 8.64. The number of aryl methyl sites for hydroxylation is 1. The van der Waals surface area contributed by atoms with E-state index in [1.165, 1.54) is 27.8 Å². The molecular weight excluding hydrogens is 386 g/mol. The number of aromatic amines is 1. The van der Waals surface area contributed by atoms with Crippen LogP contribution in [0.2, 0.25) is 0 Å². The van der Waals surface area contributed by atoms with Crippen LogP contribution >= 0.6 is 0 Å². The van der Waals surface area contributed by atoms with Crippen molar-refractivity contribution in [1.29, 1.82) is 0 Å². The summed E-state index contributed by atoms with van der Waals surface area (Å²) in [6.45, 7) is 4.00. The summed E-state index contributed by atoms with van der Waals surface area (Å²) in [5.41, 5.74) is 10.7. The lowest BCUT2D eigenvalue weighted by Gasteiger charge is -2.44. The van der Waals surface area contributed by atoms with Crippen LogP contribution in [-0.2, 0) is 11.2 Å². The molecule has 2 unspecified atom stereocenters. The van der Waals surface area contributed by atoms with Crippen LogP contribution in [0.1, 0.15) is 18.4 Å². The number of hydrogen-bond donors (Lipinski definition) is 3. The number of benzene rings is 2. The van der Waals surface area contributed by atoms with Crippen LogP contribution in [0.15, 0.2) is 54.7 Å². The van der Waals surface area contributed by atoms with Gasteiger partial charge in [0.2, 0.25) is 0 Å². The van der Waals surface area contributed by atoms with E-state index in [0.717, 1.165) is 39.0 Å². The molecule has 4 N–H and O–H groups in total. The molecule has 1 aromatic heterocycles. The summed E-state index contributed by atoms with van der Waals surface area (Å²) in [5.74, 6) is 0.264. The molecule has 6 nitrogen and oxygen atoms in total. The van der Waals surface area contributed by atoms with Crippen LogP contribution in [0.4, 0.5) is 11.4 Å². The van der Waals surface area contributed by atoms with Gasteiger partial charge >= 0.3 is 0 Å². The number of hydrogen-bond acceptors (Lipinski definition) is 5. The first-order valence-corrected chi connectivity index (χ1v) is 11.4. The number of nitrogens with one attached hydrogen (secondary N) is 2. The summed E-state index contributed by atoms with van der Waals surface area (Å²) in [6.07, 6.45) is 4.42. The highest BCUT2D eigenvalue weighted by atomic mass is 16.1. The van der Waals surface area contributed by atoms with E-state index in [4.69, 9.17) is 5.73 Å². The fourth-order valence-corrected chi connectivity index (χ4v) is 5.26. The summed E-state index contributed by atoms with van der Waals surface area (Å²) in [7, 11) is 0. The molecule has 2 aromatic carbocycles. The maximum absolute atomic E-state index is 13.2. The van der Waals surface area contributed by atoms with Crippen molar-refractivity contribution in [3.8, 4) is 0 Å². The second-order valence-corrected chi connectivity index (χ2v) is 8.64. The summed E-state index contributed by atoms with van der Waals surface area (Å²) >= 11 is 0. The van der Waals surface area contributed by atoms with Crippen molar-refractivity contribution in [2.24, 2.45) is 5.73 Å². The van der Waals surface area contributed by atoms with Gasteiger partial charge in [-0.15, -0.1) is 0 Å². The quantitative estimate of drug-likeness (QED) is 0.575. The third-order valence-electron chi connectivity index (χ3n) is 6.80. The van der Waals surface area contributed by atoms with Crippen LogP contribution in [0, 0.1) is 0 Å². The number of nitrogens with two attached hydrogens (primary N) is 1. The Hall–Kier alpha value is -2.83. The number of anilines is 2. The van der Waals surface area contributed by atoms with Crippen molar-refractivity contribution in [1.82, 2.24) is 9.88 Å². The lowest BCUT2D eigenvalue weighted by Crippen LogP contribution is -2.59. The van der Waals surface area contributed by atoms with E-state index in [1.807, 2.05) is 6.20 Å². The van der Waals surface area contributed by atoms with Gasteiger partial charge in [-0.05, 0) is 49.2 Å². The number of piperazine rings is 1. The number of rotatable bonds is 6. The molecule has 5 rings (SSSR count). The largest absolute Gasteiger partial charge is 0.380 e. The van der Waals surface area contributed by atoms with E-state index in [1.54, 1.807) is 0 Å². The first-order chi connectivity index (χ1) is 15.2. The highest BCUT2D eigenvalue weighted by Gasteiger charge is 2.36. The summed E-state index contributed by atoms with van der Waals surface area (Å²) in [5, 5.41) is 4.94. The Labute approximate surface area is 183 Å². The molecule has 0 aliphatic carbocycles. The molecule has 1 fully saturated rings. The zero-order valence-electron chi connectivity index (χ0n) is 17.9. The Morgan fingerprint density at radius 2 is 1.90 bits per heavy atom. The molecule has 31 heavy (non-hydrogen) atoms. The average Bonchev–Trinajstić information content (AvgIpc) is 3.29. The molecule has 3 heterocycles. The first kappa shape index (κ1) is 20.1. The lowest BCUT2D eigenvalue weighted by atomic mass is 9.89. The van der Waals surface area contributed by atoms with Crippen molar-refractivity contribution in [2.75, 3.05) is 42.9 Å². The van der Waals surface area contributed by atoms with Crippen molar-refractivity contribution < 1.29 is 4.79 Å². The number of aromatic nitrogens is 1. The van der Waals surface area contributed by atoms with E-state index in [0.29, 0.717) is 13.0 Å². The highest BCUT2D eigenvalue weighted by Crippen LogP contribution is 2.30. The molecule has 2 aliphatic rings. The fraction of sp³-hybridized carbons (Fsp3) is 0.400. The zero-order valence-corrected chi connectivity index (χ0v) is 17.9. The maximum Gasteiger partial charge on any atom is 0.153 e. The van der Waals surface area contributed by atoms with Crippen LogP contribution in [-0.4, -0.2) is 60.5 Å². The average molecular weight is 418 g/mol. The number of nitrogens with zero attached hydrogens (tertiary/aromatic N) is 2. The monoisotopic (exact) mass is 417 g/mol. The van der Waals surface area contributed by atoms with E-state index >= 15 is 0 Å². The maximum atomic E-state index is 13.2. The van der Waals surface area contributed by atoms with Gasteiger partial charge in [0.1, 0.15) is 0 Å². The number of fused-ring (bicyclic) bond motifs is 2. The third-order valence-corrected chi connectivity index (χ3v) is 6.80. The van der Waals surface area contributed by atoms with Crippen LogP contribution in [0.25, 0.3) is 10.9 Å². The van der Waals surface area contributed by atoms with Gasteiger partial charge in [0.05, 0.1) is 6.04 Å². The number of ketones is 1. The Balaban J connectivity index is 1.33. The first-order valence-electron chi connectivity index (χ1n) is 11.4. The normalized spacial score (nSPS) is 20.3. The van der Waals surface area contributed by atoms with Gasteiger partial charge in [0, 0.05) is 67.1 Å². The smallest absolute Gasteiger partial charge is 0.153 e. The van der Waals surface area contributed by atoms with Gasteiger partial charge in [-0.1, -0.05) is 24.3 Å². The number of H-pyrrole nitrogens is 1. The van der Waals surface area contributed by atoms with E-state index in [2.05, 4.69) is 68.6 Å². The van der Waals surface area contributed by atoms with Crippen LogP contribution in [0.5, 0.6) is 0 Å². The zero-order chi connectivity index (χ0) is 21.2.